The van der Waals surface area contributed by atoms with Crippen LogP contribution in [-0.2, 0) is 19.9 Å². The minimum Gasteiger partial charge on any atom is -0.464 e. The lowest BCUT2D eigenvalue weighted by atomic mass is 9.87. The molecule has 0 saturated carbocycles. The summed E-state index contributed by atoms with van der Waals surface area (Å²) < 4.78 is 10.9. The molecule has 0 aromatic heterocycles. The van der Waals surface area contributed by atoms with Crippen molar-refractivity contribution in [2.45, 2.75) is 18.6 Å². The van der Waals surface area contributed by atoms with Crippen molar-refractivity contribution in [2.24, 2.45) is 0 Å². The monoisotopic (exact) mass is 336 g/mol. The van der Waals surface area contributed by atoms with Crippen molar-refractivity contribution in [1.29, 1.82) is 0 Å². The van der Waals surface area contributed by atoms with Crippen LogP contribution in [0.15, 0.2) is 48.5 Å². The molecule has 1 fully saturated rings. The summed E-state index contributed by atoms with van der Waals surface area (Å²) in [7, 11) is 0. The Morgan fingerprint density at radius 2 is 1.59 bits per heavy atom. The summed E-state index contributed by atoms with van der Waals surface area (Å²) in [6, 6.07) is 14.6. The predicted octanol–water partition coefficient (Wildman–Crippen LogP) is 4.20. The van der Waals surface area contributed by atoms with Crippen molar-refractivity contribution in [3.63, 3.8) is 0 Å². The van der Waals surface area contributed by atoms with E-state index in [2.05, 4.69) is 0 Å². The number of hydrogen-bond donors (Lipinski definition) is 0. The normalized spacial score (nSPS) is 18.8. The van der Waals surface area contributed by atoms with Gasteiger partial charge in [0, 0.05) is 21.2 Å². The van der Waals surface area contributed by atoms with E-state index < -0.39 is 17.7 Å². The first kappa shape index (κ1) is 15.3. The molecular weight excluding hydrogens is 323 g/mol. The molecule has 0 bridgehead atoms. The van der Waals surface area contributed by atoms with Crippen LogP contribution in [0, 0.1) is 0 Å². The third kappa shape index (κ3) is 2.39. The number of hydrogen-bond acceptors (Lipinski definition) is 3. The van der Waals surface area contributed by atoms with Gasteiger partial charge in [-0.25, -0.2) is 4.79 Å². The van der Waals surface area contributed by atoms with Crippen molar-refractivity contribution in [2.75, 3.05) is 6.61 Å². The van der Waals surface area contributed by atoms with E-state index in [4.69, 9.17) is 32.7 Å². The highest BCUT2D eigenvalue weighted by Gasteiger charge is 2.65. The number of rotatable bonds is 4. The van der Waals surface area contributed by atoms with E-state index in [1.54, 1.807) is 19.1 Å². The van der Waals surface area contributed by atoms with Gasteiger partial charge >= 0.3 is 5.97 Å². The summed E-state index contributed by atoms with van der Waals surface area (Å²) in [5, 5.41) is 1.04. The van der Waals surface area contributed by atoms with Gasteiger partial charge in [-0.2, -0.15) is 0 Å². The fourth-order valence-electron chi connectivity index (χ4n) is 2.66. The molecule has 2 aromatic rings. The number of carbonyl (C=O) groups excluding carboxylic acids is 1. The standard InChI is InChI=1S/C17H14Cl2O3/c1-2-21-16(20)15-17(22-15,11-7-3-5-9-13(11)18)12-8-4-6-10-14(12)19/h3-10,15H,2H2,1H3. The first-order chi connectivity index (χ1) is 10.6. The Balaban J connectivity index is 2.12. The molecule has 3 nitrogen and oxygen atoms in total. The molecule has 0 aliphatic carbocycles. The maximum atomic E-state index is 12.2. The lowest BCUT2D eigenvalue weighted by molar-refractivity contribution is -0.144. The van der Waals surface area contributed by atoms with Gasteiger partial charge in [-0.05, 0) is 19.1 Å². The van der Waals surface area contributed by atoms with Gasteiger partial charge < -0.3 is 9.47 Å². The second-order valence-corrected chi connectivity index (χ2v) is 5.76. The Bertz CT molecular complexity index is 669. The van der Waals surface area contributed by atoms with E-state index in [1.807, 2.05) is 36.4 Å². The average Bonchev–Trinajstić information content (AvgIpc) is 3.25. The van der Waals surface area contributed by atoms with Crippen LogP contribution in [0.2, 0.25) is 10.0 Å². The number of ether oxygens (including phenoxy) is 2. The van der Waals surface area contributed by atoms with Crippen molar-refractivity contribution in [3.05, 3.63) is 69.7 Å². The topological polar surface area (TPSA) is 38.8 Å². The van der Waals surface area contributed by atoms with E-state index >= 15 is 0 Å². The number of halogens is 2. The number of esters is 1. The zero-order chi connectivity index (χ0) is 15.7. The van der Waals surface area contributed by atoms with Gasteiger partial charge in [0.05, 0.1) is 6.61 Å². The molecule has 1 aliphatic rings. The molecule has 114 valence electrons. The Labute approximate surface area is 138 Å². The quantitative estimate of drug-likeness (QED) is 0.620. The molecule has 0 N–H and O–H groups in total. The molecule has 0 amide bonds. The lowest BCUT2D eigenvalue weighted by Crippen LogP contribution is -2.23. The molecule has 1 unspecified atom stereocenters. The van der Waals surface area contributed by atoms with Gasteiger partial charge in [-0.1, -0.05) is 59.6 Å². The molecule has 1 atom stereocenters. The fraction of sp³-hybridized carbons (Fsp3) is 0.235. The first-order valence-electron chi connectivity index (χ1n) is 6.95. The summed E-state index contributed by atoms with van der Waals surface area (Å²) in [6.07, 6.45) is -0.743. The van der Waals surface area contributed by atoms with Gasteiger partial charge in [-0.15, -0.1) is 0 Å². The van der Waals surface area contributed by atoms with Gasteiger partial charge in [0.15, 0.2) is 11.7 Å². The summed E-state index contributed by atoms with van der Waals surface area (Å²) in [5.41, 5.74) is 0.439. The largest absolute Gasteiger partial charge is 0.464 e. The molecule has 2 aromatic carbocycles. The summed E-state index contributed by atoms with van der Waals surface area (Å²) >= 11 is 12.6. The van der Waals surface area contributed by atoms with E-state index in [-0.39, 0.29) is 0 Å². The van der Waals surface area contributed by atoms with Crippen LogP contribution in [0.25, 0.3) is 0 Å². The van der Waals surface area contributed by atoms with Gasteiger partial charge in [0.25, 0.3) is 0 Å². The predicted molar refractivity (Wildman–Crippen MR) is 85.2 cm³/mol. The van der Waals surface area contributed by atoms with E-state index in [0.717, 1.165) is 0 Å². The number of benzene rings is 2. The van der Waals surface area contributed by atoms with Crippen LogP contribution in [-0.4, -0.2) is 18.7 Å². The second-order valence-electron chi connectivity index (χ2n) is 4.95. The summed E-state index contributed by atoms with van der Waals surface area (Å²) in [4.78, 5) is 12.2. The van der Waals surface area contributed by atoms with Crippen LogP contribution in [0.3, 0.4) is 0 Å². The van der Waals surface area contributed by atoms with Crippen LogP contribution < -0.4 is 0 Å². The number of epoxide rings is 1. The maximum absolute atomic E-state index is 12.2. The van der Waals surface area contributed by atoms with E-state index in [1.165, 1.54) is 0 Å². The molecular formula is C17H14Cl2O3. The molecule has 1 saturated heterocycles. The molecule has 22 heavy (non-hydrogen) atoms. The molecule has 1 aliphatic heterocycles. The Morgan fingerprint density at radius 1 is 1.09 bits per heavy atom. The average molecular weight is 337 g/mol. The molecule has 1 heterocycles. The minimum atomic E-state index is -0.983. The van der Waals surface area contributed by atoms with Crippen molar-refractivity contribution < 1.29 is 14.3 Å². The number of carbonyl (C=O) groups is 1. The van der Waals surface area contributed by atoms with Crippen molar-refractivity contribution >= 4 is 29.2 Å². The molecule has 0 spiro atoms. The smallest absolute Gasteiger partial charge is 0.339 e. The lowest BCUT2D eigenvalue weighted by Gasteiger charge is -2.17. The summed E-state index contributed by atoms with van der Waals surface area (Å²) in [5.74, 6) is -0.415. The highest BCUT2D eigenvalue weighted by atomic mass is 35.5. The van der Waals surface area contributed by atoms with Gasteiger partial charge in [0.2, 0.25) is 0 Å². The van der Waals surface area contributed by atoms with Gasteiger partial charge in [-0.3, -0.25) is 0 Å². The molecule has 0 radical (unpaired) electrons. The van der Waals surface area contributed by atoms with Gasteiger partial charge in [0.1, 0.15) is 0 Å². The Morgan fingerprint density at radius 3 is 2.05 bits per heavy atom. The molecule has 5 heteroatoms. The van der Waals surface area contributed by atoms with Crippen molar-refractivity contribution in [3.8, 4) is 0 Å². The zero-order valence-corrected chi connectivity index (χ0v) is 13.4. The zero-order valence-electron chi connectivity index (χ0n) is 11.9. The van der Waals surface area contributed by atoms with Crippen LogP contribution in [0.4, 0.5) is 0 Å². The highest BCUT2D eigenvalue weighted by Crippen LogP contribution is 2.55. The second kappa shape index (κ2) is 5.92. The SMILES string of the molecule is CCOC(=O)C1OC1(c1ccccc1Cl)c1ccccc1Cl. The first-order valence-corrected chi connectivity index (χ1v) is 7.71. The van der Waals surface area contributed by atoms with Crippen LogP contribution in [0.5, 0.6) is 0 Å². The molecule has 3 rings (SSSR count). The third-order valence-electron chi connectivity index (χ3n) is 3.66. The Kier molecular flexibility index (Phi) is 4.13. The van der Waals surface area contributed by atoms with Crippen LogP contribution >= 0.6 is 23.2 Å². The maximum Gasteiger partial charge on any atom is 0.339 e. The van der Waals surface area contributed by atoms with E-state index in [9.17, 15) is 4.79 Å². The third-order valence-corrected chi connectivity index (χ3v) is 4.32. The minimum absolute atomic E-state index is 0.291. The van der Waals surface area contributed by atoms with E-state index in [0.29, 0.717) is 27.8 Å². The fourth-order valence-corrected chi connectivity index (χ4v) is 3.22. The van der Waals surface area contributed by atoms with Crippen LogP contribution in [0.1, 0.15) is 18.1 Å². The van der Waals surface area contributed by atoms with Crippen molar-refractivity contribution in [1.82, 2.24) is 0 Å². The Hall–Kier alpha value is -1.55. The highest BCUT2D eigenvalue weighted by molar-refractivity contribution is 6.32. The summed E-state index contributed by atoms with van der Waals surface area (Å²) in [6.45, 7) is 2.05.